The molecule has 0 radical (unpaired) electrons. The molecule has 0 saturated heterocycles. The predicted octanol–water partition coefficient (Wildman–Crippen LogP) is 3.67. The molecule has 0 aliphatic heterocycles. The van der Waals surface area contributed by atoms with Gasteiger partial charge in [0.2, 0.25) is 0 Å². The lowest BCUT2D eigenvalue weighted by atomic mass is 10.3. The average Bonchev–Trinajstić information content (AvgIpc) is 2.73. The van der Waals surface area contributed by atoms with Crippen LogP contribution in [0.4, 0.5) is 15.8 Å². The molecule has 0 aromatic heterocycles. The second-order valence-corrected chi connectivity index (χ2v) is 8.10. The summed E-state index contributed by atoms with van der Waals surface area (Å²) in [6, 6.07) is 19.9. The third-order valence-corrected chi connectivity index (χ3v) is 5.86. The van der Waals surface area contributed by atoms with Crippen LogP contribution in [-0.2, 0) is 14.8 Å². The number of carbonyl (C=O) groups excluding carboxylic acids is 1. The van der Waals surface area contributed by atoms with Gasteiger partial charge >= 0.3 is 0 Å². The van der Waals surface area contributed by atoms with Gasteiger partial charge in [0.05, 0.1) is 10.6 Å². The van der Waals surface area contributed by atoms with Gasteiger partial charge in [0.1, 0.15) is 11.6 Å². The minimum absolute atomic E-state index is 0.0427. The SMILES string of the molecule is CN(c1ccccc1)S(=O)(=O)c1cccc(NC(=O)COc2ccc(F)cc2)c1. The van der Waals surface area contributed by atoms with Crippen LogP contribution in [0.3, 0.4) is 0 Å². The highest BCUT2D eigenvalue weighted by Gasteiger charge is 2.21. The average molecular weight is 414 g/mol. The molecule has 0 heterocycles. The molecule has 3 aromatic rings. The van der Waals surface area contributed by atoms with Crippen LogP contribution < -0.4 is 14.4 Å². The summed E-state index contributed by atoms with van der Waals surface area (Å²) in [5, 5.41) is 2.59. The van der Waals surface area contributed by atoms with E-state index in [1.165, 1.54) is 47.8 Å². The summed E-state index contributed by atoms with van der Waals surface area (Å²) in [5.41, 5.74) is 0.842. The molecule has 0 aliphatic carbocycles. The van der Waals surface area contributed by atoms with Gasteiger partial charge in [-0.3, -0.25) is 9.10 Å². The predicted molar refractivity (Wildman–Crippen MR) is 109 cm³/mol. The minimum Gasteiger partial charge on any atom is -0.484 e. The van der Waals surface area contributed by atoms with Crippen LogP contribution in [-0.4, -0.2) is 28.0 Å². The lowest BCUT2D eigenvalue weighted by Crippen LogP contribution is -2.26. The van der Waals surface area contributed by atoms with E-state index < -0.39 is 21.7 Å². The van der Waals surface area contributed by atoms with E-state index in [0.717, 1.165) is 0 Å². The number of hydrogen-bond donors (Lipinski definition) is 1. The maximum atomic E-state index is 12.9. The van der Waals surface area contributed by atoms with Crippen molar-refractivity contribution in [2.45, 2.75) is 4.90 Å². The zero-order chi connectivity index (χ0) is 20.9. The first-order valence-electron chi connectivity index (χ1n) is 8.68. The normalized spacial score (nSPS) is 11.0. The van der Waals surface area contributed by atoms with E-state index in [1.54, 1.807) is 42.5 Å². The Hall–Kier alpha value is -3.39. The Morgan fingerprint density at radius 2 is 1.69 bits per heavy atom. The van der Waals surface area contributed by atoms with Crippen molar-refractivity contribution in [3.05, 3.63) is 84.7 Å². The number of ether oxygens (including phenoxy) is 1. The zero-order valence-electron chi connectivity index (χ0n) is 15.6. The second-order valence-electron chi connectivity index (χ2n) is 6.13. The molecule has 3 aromatic carbocycles. The van der Waals surface area contributed by atoms with Gasteiger partial charge in [0.25, 0.3) is 15.9 Å². The smallest absolute Gasteiger partial charge is 0.264 e. The van der Waals surface area contributed by atoms with Crippen molar-refractivity contribution in [2.75, 3.05) is 23.3 Å². The molecule has 0 spiro atoms. The van der Waals surface area contributed by atoms with E-state index in [0.29, 0.717) is 17.1 Å². The number of halogens is 1. The Morgan fingerprint density at radius 3 is 2.38 bits per heavy atom. The Kier molecular flexibility index (Phi) is 6.13. The maximum absolute atomic E-state index is 12.9. The molecule has 0 unspecified atom stereocenters. The van der Waals surface area contributed by atoms with Crippen molar-refractivity contribution in [2.24, 2.45) is 0 Å². The number of rotatable bonds is 7. The summed E-state index contributed by atoms with van der Waals surface area (Å²) in [5.74, 6) is -0.525. The third-order valence-electron chi connectivity index (χ3n) is 4.08. The number of para-hydroxylation sites is 1. The van der Waals surface area contributed by atoms with E-state index in [4.69, 9.17) is 4.74 Å². The zero-order valence-corrected chi connectivity index (χ0v) is 16.4. The van der Waals surface area contributed by atoms with Gasteiger partial charge < -0.3 is 10.1 Å². The third kappa shape index (κ3) is 5.11. The Balaban J connectivity index is 1.68. The summed E-state index contributed by atoms with van der Waals surface area (Å²) in [7, 11) is -2.33. The van der Waals surface area contributed by atoms with Crippen molar-refractivity contribution in [3.8, 4) is 5.75 Å². The van der Waals surface area contributed by atoms with Gasteiger partial charge in [-0.05, 0) is 54.6 Å². The molecule has 29 heavy (non-hydrogen) atoms. The largest absolute Gasteiger partial charge is 0.484 e. The number of anilines is 2. The molecule has 1 N–H and O–H groups in total. The minimum atomic E-state index is -3.79. The highest BCUT2D eigenvalue weighted by Crippen LogP contribution is 2.23. The van der Waals surface area contributed by atoms with Gasteiger partial charge in [-0.25, -0.2) is 12.8 Å². The van der Waals surface area contributed by atoms with Crippen LogP contribution in [0, 0.1) is 5.82 Å². The van der Waals surface area contributed by atoms with Crippen molar-refractivity contribution < 1.29 is 22.3 Å². The van der Waals surface area contributed by atoms with Crippen LogP contribution >= 0.6 is 0 Å². The van der Waals surface area contributed by atoms with Crippen LogP contribution in [0.5, 0.6) is 5.75 Å². The van der Waals surface area contributed by atoms with E-state index >= 15 is 0 Å². The lowest BCUT2D eigenvalue weighted by molar-refractivity contribution is -0.118. The summed E-state index contributed by atoms with van der Waals surface area (Å²) < 4.78 is 45.1. The van der Waals surface area contributed by atoms with Crippen LogP contribution in [0.1, 0.15) is 0 Å². The van der Waals surface area contributed by atoms with Gasteiger partial charge in [-0.1, -0.05) is 24.3 Å². The van der Waals surface area contributed by atoms with Crippen molar-refractivity contribution >= 4 is 27.3 Å². The first kappa shape index (κ1) is 20.3. The van der Waals surface area contributed by atoms with E-state index in [2.05, 4.69) is 5.32 Å². The van der Waals surface area contributed by atoms with E-state index in [9.17, 15) is 17.6 Å². The monoisotopic (exact) mass is 414 g/mol. The number of sulfonamides is 1. The first-order chi connectivity index (χ1) is 13.9. The molecule has 6 nitrogen and oxygen atoms in total. The molecule has 150 valence electrons. The fraction of sp³-hybridized carbons (Fsp3) is 0.0952. The number of amides is 1. The number of carbonyl (C=O) groups is 1. The number of benzene rings is 3. The maximum Gasteiger partial charge on any atom is 0.264 e. The summed E-state index contributed by atoms with van der Waals surface area (Å²) >= 11 is 0. The van der Waals surface area contributed by atoms with Crippen LogP contribution in [0.2, 0.25) is 0 Å². The summed E-state index contributed by atoms with van der Waals surface area (Å²) in [6.07, 6.45) is 0. The van der Waals surface area contributed by atoms with Gasteiger partial charge in [-0.15, -0.1) is 0 Å². The number of hydrogen-bond acceptors (Lipinski definition) is 4. The van der Waals surface area contributed by atoms with Gasteiger partial charge in [0, 0.05) is 12.7 Å². The van der Waals surface area contributed by atoms with Gasteiger partial charge in [-0.2, -0.15) is 0 Å². The highest BCUT2D eigenvalue weighted by molar-refractivity contribution is 7.92. The van der Waals surface area contributed by atoms with E-state index in [-0.39, 0.29) is 11.5 Å². The Bertz CT molecular complexity index is 1090. The standard InChI is InChI=1S/C21H19FN2O4S/c1-24(18-7-3-2-4-8-18)29(26,27)20-9-5-6-17(14-20)23-21(25)15-28-19-12-10-16(22)11-13-19/h2-14H,15H2,1H3,(H,23,25). The molecular weight excluding hydrogens is 395 g/mol. The molecule has 0 fully saturated rings. The fourth-order valence-corrected chi connectivity index (χ4v) is 3.79. The Morgan fingerprint density at radius 1 is 1.00 bits per heavy atom. The Labute approximate surface area is 168 Å². The molecule has 3 rings (SSSR count). The number of nitrogens with one attached hydrogen (secondary N) is 1. The van der Waals surface area contributed by atoms with E-state index in [1.807, 2.05) is 0 Å². The van der Waals surface area contributed by atoms with Gasteiger partial charge in [0.15, 0.2) is 6.61 Å². The highest BCUT2D eigenvalue weighted by atomic mass is 32.2. The fourth-order valence-electron chi connectivity index (χ4n) is 2.55. The molecule has 0 bridgehead atoms. The summed E-state index contributed by atoms with van der Waals surface area (Å²) in [6.45, 7) is -0.299. The van der Waals surface area contributed by atoms with Crippen molar-refractivity contribution in [1.82, 2.24) is 0 Å². The van der Waals surface area contributed by atoms with Crippen molar-refractivity contribution in [3.63, 3.8) is 0 Å². The molecular formula is C21H19FN2O4S. The lowest BCUT2D eigenvalue weighted by Gasteiger charge is -2.19. The molecule has 0 aliphatic rings. The number of nitrogens with zero attached hydrogens (tertiary/aromatic N) is 1. The molecule has 0 saturated carbocycles. The molecule has 0 atom stereocenters. The first-order valence-corrected chi connectivity index (χ1v) is 10.1. The molecule has 8 heteroatoms. The van der Waals surface area contributed by atoms with Crippen LogP contribution in [0.15, 0.2) is 83.8 Å². The topological polar surface area (TPSA) is 75.7 Å². The second kappa shape index (κ2) is 8.74. The van der Waals surface area contributed by atoms with Crippen molar-refractivity contribution in [1.29, 1.82) is 0 Å². The quantitative estimate of drug-likeness (QED) is 0.640. The molecule has 1 amide bonds. The summed E-state index contributed by atoms with van der Waals surface area (Å²) in [4.78, 5) is 12.1. The van der Waals surface area contributed by atoms with Crippen LogP contribution in [0.25, 0.3) is 0 Å².